The zero-order chi connectivity index (χ0) is 8.97. The molecule has 0 fully saturated rings. The summed E-state index contributed by atoms with van der Waals surface area (Å²) < 4.78 is 0. The first-order valence-electron chi connectivity index (χ1n) is 3.85. The van der Waals surface area contributed by atoms with E-state index in [4.69, 9.17) is 10.2 Å². The van der Waals surface area contributed by atoms with Crippen LogP contribution >= 0.6 is 12.4 Å². The average Bonchev–Trinajstić information content (AvgIpc) is 2.03. The molecule has 0 aliphatic rings. The van der Waals surface area contributed by atoms with Crippen molar-refractivity contribution in [3.05, 3.63) is 29.8 Å². The normalized spacial score (nSPS) is 9.54. The van der Waals surface area contributed by atoms with Gasteiger partial charge in [0, 0.05) is 5.69 Å². The van der Waals surface area contributed by atoms with Crippen molar-refractivity contribution in [1.82, 2.24) is 0 Å². The highest BCUT2D eigenvalue weighted by Crippen LogP contribution is 2.07. The fourth-order valence-electron chi connectivity index (χ4n) is 0.881. The van der Waals surface area contributed by atoms with Gasteiger partial charge >= 0.3 is 0 Å². The lowest BCUT2D eigenvalue weighted by atomic mass is 10.2. The van der Waals surface area contributed by atoms with Gasteiger partial charge in [-0.25, -0.2) is 0 Å². The summed E-state index contributed by atoms with van der Waals surface area (Å²) in [5, 5.41) is 20.0. The Hall–Kier alpha value is -0.770. The predicted molar refractivity (Wildman–Crippen MR) is 55.1 cm³/mol. The predicted octanol–water partition coefficient (Wildman–Crippen LogP) is 1.14. The van der Waals surface area contributed by atoms with E-state index in [9.17, 15) is 0 Å². The zero-order valence-corrected chi connectivity index (χ0v) is 8.21. The van der Waals surface area contributed by atoms with E-state index in [1.807, 2.05) is 31.2 Å². The number of rotatable bonds is 3. The highest BCUT2D eigenvalue weighted by Gasteiger charge is 1.95. The fourth-order valence-corrected chi connectivity index (χ4v) is 0.881. The van der Waals surface area contributed by atoms with Gasteiger partial charge in [-0.15, -0.1) is 12.4 Å². The van der Waals surface area contributed by atoms with Crippen LogP contribution in [-0.2, 0) is 0 Å². The number of hydrogen-bond acceptors (Lipinski definition) is 3. The van der Waals surface area contributed by atoms with Crippen molar-refractivity contribution in [3.8, 4) is 0 Å². The highest BCUT2D eigenvalue weighted by molar-refractivity contribution is 5.85. The first-order valence-corrected chi connectivity index (χ1v) is 3.85. The molecule has 3 N–H and O–H groups in total. The van der Waals surface area contributed by atoms with Crippen LogP contribution in [-0.4, -0.2) is 23.0 Å². The van der Waals surface area contributed by atoms with Gasteiger partial charge in [0.25, 0.3) is 0 Å². The Kier molecular flexibility index (Phi) is 5.46. The molecule has 0 amide bonds. The Morgan fingerprint density at radius 3 is 2.23 bits per heavy atom. The molecule has 4 heteroatoms. The summed E-state index contributed by atoms with van der Waals surface area (Å²) in [6.45, 7) is 2.16. The summed E-state index contributed by atoms with van der Waals surface area (Å²) in [4.78, 5) is 0. The third-order valence-electron chi connectivity index (χ3n) is 1.54. The number of aliphatic hydroxyl groups excluding tert-OH is 1. The second-order valence-electron chi connectivity index (χ2n) is 2.73. The van der Waals surface area contributed by atoms with Gasteiger partial charge in [0.1, 0.15) is 0 Å². The van der Waals surface area contributed by atoms with Crippen LogP contribution in [0.1, 0.15) is 5.56 Å². The Morgan fingerprint density at radius 1 is 1.23 bits per heavy atom. The van der Waals surface area contributed by atoms with E-state index < -0.39 is 6.29 Å². The van der Waals surface area contributed by atoms with Gasteiger partial charge < -0.3 is 15.5 Å². The molecule has 0 saturated heterocycles. The van der Waals surface area contributed by atoms with Crippen LogP contribution in [0.3, 0.4) is 0 Å². The molecule has 0 heterocycles. The van der Waals surface area contributed by atoms with Gasteiger partial charge in [-0.1, -0.05) is 17.7 Å². The molecule has 74 valence electrons. The molecular formula is C9H14ClNO2. The maximum absolute atomic E-state index is 8.56. The number of halogens is 1. The van der Waals surface area contributed by atoms with E-state index in [0.717, 1.165) is 5.69 Å². The molecule has 1 aromatic rings. The molecule has 0 aliphatic carbocycles. The third kappa shape index (κ3) is 4.72. The van der Waals surface area contributed by atoms with E-state index in [-0.39, 0.29) is 19.0 Å². The largest absolute Gasteiger partial charge is 0.380 e. The van der Waals surface area contributed by atoms with Crippen molar-refractivity contribution in [2.75, 3.05) is 11.9 Å². The van der Waals surface area contributed by atoms with Crippen LogP contribution in [0.2, 0.25) is 0 Å². The lowest BCUT2D eigenvalue weighted by Crippen LogP contribution is -2.18. The summed E-state index contributed by atoms with van der Waals surface area (Å²) in [5.74, 6) is 0. The summed E-state index contributed by atoms with van der Waals surface area (Å²) >= 11 is 0. The second-order valence-corrected chi connectivity index (χ2v) is 2.73. The second kappa shape index (κ2) is 5.80. The van der Waals surface area contributed by atoms with Crippen LogP contribution in [0, 0.1) is 6.92 Å². The number of aryl methyl sites for hydroxylation is 1. The van der Waals surface area contributed by atoms with Crippen molar-refractivity contribution in [2.45, 2.75) is 13.2 Å². The van der Waals surface area contributed by atoms with E-state index in [2.05, 4.69) is 5.32 Å². The SMILES string of the molecule is Cc1ccc(NCC(O)O)cc1.Cl. The van der Waals surface area contributed by atoms with Gasteiger partial charge in [0.05, 0.1) is 6.54 Å². The molecule has 0 spiro atoms. The molecule has 0 radical (unpaired) electrons. The van der Waals surface area contributed by atoms with Gasteiger partial charge in [-0.05, 0) is 19.1 Å². The van der Waals surface area contributed by atoms with Crippen LogP contribution in [0.4, 0.5) is 5.69 Å². The molecule has 13 heavy (non-hydrogen) atoms. The lowest BCUT2D eigenvalue weighted by Gasteiger charge is -2.07. The Balaban J connectivity index is 0.00000144. The zero-order valence-electron chi connectivity index (χ0n) is 7.40. The lowest BCUT2D eigenvalue weighted by molar-refractivity contribution is -0.0275. The molecule has 0 unspecified atom stereocenters. The van der Waals surface area contributed by atoms with E-state index in [1.165, 1.54) is 5.56 Å². The number of nitrogens with one attached hydrogen (secondary N) is 1. The minimum absolute atomic E-state index is 0. The first kappa shape index (κ1) is 12.2. The summed E-state index contributed by atoms with van der Waals surface area (Å²) in [5.41, 5.74) is 2.08. The van der Waals surface area contributed by atoms with E-state index in [0.29, 0.717) is 0 Å². The standard InChI is InChI=1S/C9H13NO2.ClH/c1-7-2-4-8(5-3-7)10-6-9(11)12;/h2-5,9-12H,6H2,1H3;1H. The summed E-state index contributed by atoms with van der Waals surface area (Å²) in [7, 11) is 0. The quantitative estimate of drug-likeness (QED) is 0.646. The van der Waals surface area contributed by atoms with E-state index in [1.54, 1.807) is 0 Å². The minimum atomic E-state index is -1.30. The van der Waals surface area contributed by atoms with Crippen molar-refractivity contribution in [3.63, 3.8) is 0 Å². The van der Waals surface area contributed by atoms with Crippen LogP contribution < -0.4 is 5.32 Å². The van der Waals surface area contributed by atoms with Crippen LogP contribution in [0.5, 0.6) is 0 Å². The number of hydrogen-bond donors (Lipinski definition) is 3. The van der Waals surface area contributed by atoms with E-state index >= 15 is 0 Å². The summed E-state index contributed by atoms with van der Waals surface area (Å²) in [6, 6.07) is 7.73. The molecule has 0 bridgehead atoms. The molecule has 0 atom stereocenters. The van der Waals surface area contributed by atoms with Crippen molar-refractivity contribution >= 4 is 18.1 Å². The van der Waals surface area contributed by atoms with Gasteiger partial charge in [-0.2, -0.15) is 0 Å². The van der Waals surface area contributed by atoms with Gasteiger partial charge in [-0.3, -0.25) is 0 Å². The van der Waals surface area contributed by atoms with Crippen LogP contribution in [0.15, 0.2) is 24.3 Å². The number of aliphatic hydroxyl groups is 2. The van der Waals surface area contributed by atoms with Crippen molar-refractivity contribution < 1.29 is 10.2 Å². The molecule has 0 aromatic heterocycles. The fraction of sp³-hybridized carbons (Fsp3) is 0.333. The molecular weight excluding hydrogens is 190 g/mol. The molecule has 1 aromatic carbocycles. The van der Waals surface area contributed by atoms with Gasteiger partial charge in [0.2, 0.25) is 0 Å². The topological polar surface area (TPSA) is 52.5 Å². The smallest absolute Gasteiger partial charge is 0.169 e. The molecule has 1 rings (SSSR count). The molecule has 0 aliphatic heterocycles. The number of benzene rings is 1. The maximum Gasteiger partial charge on any atom is 0.169 e. The molecule has 3 nitrogen and oxygen atoms in total. The Morgan fingerprint density at radius 2 is 1.77 bits per heavy atom. The minimum Gasteiger partial charge on any atom is -0.380 e. The van der Waals surface area contributed by atoms with Gasteiger partial charge in [0.15, 0.2) is 6.29 Å². The molecule has 0 saturated carbocycles. The van der Waals surface area contributed by atoms with Crippen LogP contribution in [0.25, 0.3) is 0 Å². The average molecular weight is 204 g/mol. The van der Waals surface area contributed by atoms with Crippen molar-refractivity contribution in [1.29, 1.82) is 0 Å². The monoisotopic (exact) mass is 203 g/mol. The Bertz CT molecular complexity index is 236. The maximum atomic E-state index is 8.56. The third-order valence-corrected chi connectivity index (χ3v) is 1.54. The Labute approximate surface area is 83.8 Å². The van der Waals surface area contributed by atoms with Crippen molar-refractivity contribution in [2.24, 2.45) is 0 Å². The highest BCUT2D eigenvalue weighted by atomic mass is 35.5. The first-order chi connectivity index (χ1) is 5.68. The summed E-state index contributed by atoms with van der Waals surface area (Å²) in [6.07, 6.45) is -1.30. The number of anilines is 1.